The van der Waals surface area contributed by atoms with Crippen LogP contribution in [0.15, 0.2) is 54.6 Å². The third-order valence-electron chi connectivity index (χ3n) is 4.63. The van der Waals surface area contributed by atoms with Gasteiger partial charge in [0.2, 0.25) is 0 Å². The summed E-state index contributed by atoms with van der Waals surface area (Å²) in [7, 11) is 0. The van der Waals surface area contributed by atoms with E-state index in [4.69, 9.17) is 27.9 Å². The van der Waals surface area contributed by atoms with E-state index in [1.807, 2.05) is 12.1 Å². The Kier molecular flexibility index (Phi) is 7.40. The van der Waals surface area contributed by atoms with Gasteiger partial charge in [-0.05, 0) is 47.5 Å². The molecular weight excluding hydrogens is 377 g/mol. The number of halogens is 2. The van der Waals surface area contributed by atoms with E-state index in [0.717, 1.165) is 24.4 Å². The van der Waals surface area contributed by atoms with E-state index in [1.165, 1.54) is 35.6 Å². The van der Waals surface area contributed by atoms with Gasteiger partial charge in [-0.1, -0.05) is 79.4 Å². The molecule has 0 atom stereocenters. The highest BCUT2D eigenvalue weighted by Crippen LogP contribution is 2.29. The van der Waals surface area contributed by atoms with Crippen LogP contribution in [0.5, 0.6) is 5.75 Å². The molecule has 3 aromatic rings. The first-order valence-electron chi connectivity index (χ1n) is 9.47. The first kappa shape index (κ1) is 20.0. The molecule has 3 rings (SSSR count). The summed E-state index contributed by atoms with van der Waals surface area (Å²) in [4.78, 5) is 0. The van der Waals surface area contributed by atoms with Crippen LogP contribution < -0.4 is 10.1 Å². The lowest BCUT2D eigenvalue weighted by Gasteiger charge is -2.15. The van der Waals surface area contributed by atoms with Crippen molar-refractivity contribution < 1.29 is 4.74 Å². The zero-order valence-electron chi connectivity index (χ0n) is 15.6. The van der Waals surface area contributed by atoms with Crippen molar-refractivity contribution in [1.29, 1.82) is 0 Å². The van der Waals surface area contributed by atoms with E-state index in [0.29, 0.717) is 16.7 Å². The Hall–Kier alpha value is -1.74. The molecule has 0 amide bonds. The third kappa shape index (κ3) is 5.38. The fourth-order valence-corrected chi connectivity index (χ4v) is 3.46. The molecule has 0 spiro atoms. The van der Waals surface area contributed by atoms with Gasteiger partial charge in [-0.3, -0.25) is 0 Å². The van der Waals surface area contributed by atoms with Gasteiger partial charge in [0.15, 0.2) is 0 Å². The van der Waals surface area contributed by atoms with Crippen molar-refractivity contribution in [2.24, 2.45) is 0 Å². The van der Waals surface area contributed by atoms with Gasteiger partial charge in [-0.25, -0.2) is 0 Å². The Labute approximate surface area is 171 Å². The Morgan fingerprint density at radius 3 is 2.59 bits per heavy atom. The predicted octanol–water partition coefficient (Wildman–Crippen LogP) is 7.01. The van der Waals surface area contributed by atoms with Crippen LogP contribution >= 0.6 is 23.2 Å². The molecule has 1 N–H and O–H groups in total. The van der Waals surface area contributed by atoms with E-state index >= 15 is 0 Å². The Balaban J connectivity index is 1.78. The van der Waals surface area contributed by atoms with Crippen LogP contribution in [0.3, 0.4) is 0 Å². The van der Waals surface area contributed by atoms with E-state index in [1.54, 1.807) is 6.07 Å². The second-order valence-electron chi connectivity index (χ2n) is 6.68. The maximum atomic E-state index is 6.16. The van der Waals surface area contributed by atoms with Crippen molar-refractivity contribution in [2.45, 2.75) is 39.3 Å². The van der Waals surface area contributed by atoms with Crippen LogP contribution in [-0.2, 0) is 13.2 Å². The second-order valence-corrected chi connectivity index (χ2v) is 7.50. The number of unbranched alkanes of at least 4 members (excludes halogenated alkanes) is 2. The highest BCUT2D eigenvalue weighted by atomic mass is 35.5. The quantitative estimate of drug-likeness (QED) is 0.389. The zero-order chi connectivity index (χ0) is 19.1. The van der Waals surface area contributed by atoms with E-state index in [-0.39, 0.29) is 0 Å². The summed E-state index contributed by atoms with van der Waals surface area (Å²) in [5, 5.41) is 7.13. The van der Waals surface area contributed by atoms with Crippen molar-refractivity contribution in [3.8, 4) is 5.75 Å². The molecule has 0 aliphatic rings. The second kappa shape index (κ2) is 9.98. The smallest absolute Gasteiger partial charge is 0.124 e. The third-order valence-corrected chi connectivity index (χ3v) is 5.37. The number of ether oxygens (including phenoxy) is 1. The maximum Gasteiger partial charge on any atom is 0.124 e. The summed E-state index contributed by atoms with van der Waals surface area (Å²) in [5.41, 5.74) is 2.20. The van der Waals surface area contributed by atoms with Gasteiger partial charge < -0.3 is 10.1 Å². The van der Waals surface area contributed by atoms with Gasteiger partial charge in [0.25, 0.3) is 0 Å². The first-order valence-corrected chi connectivity index (χ1v) is 10.2. The highest BCUT2D eigenvalue weighted by molar-refractivity contribution is 6.42. The van der Waals surface area contributed by atoms with Gasteiger partial charge in [0.05, 0.1) is 10.0 Å². The van der Waals surface area contributed by atoms with E-state index < -0.39 is 0 Å². The summed E-state index contributed by atoms with van der Waals surface area (Å²) in [6.45, 7) is 4.49. The topological polar surface area (TPSA) is 21.3 Å². The molecule has 0 heterocycles. The molecule has 0 aliphatic heterocycles. The summed E-state index contributed by atoms with van der Waals surface area (Å²) in [5.74, 6) is 0.905. The number of hydrogen-bond acceptors (Lipinski definition) is 2. The zero-order valence-corrected chi connectivity index (χ0v) is 17.1. The first-order chi connectivity index (χ1) is 13.2. The normalized spacial score (nSPS) is 11.1. The molecular formula is C23H25Cl2NO. The Morgan fingerprint density at radius 2 is 1.78 bits per heavy atom. The minimum absolute atomic E-state index is 0.456. The number of nitrogens with one attached hydrogen (secondary N) is 1. The fraction of sp³-hybridized carbons (Fsp3) is 0.304. The van der Waals surface area contributed by atoms with E-state index in [2.05, 4.69) is 48.6 Å². The van der Waals surface area contributed by atoms with Crippen LogP contribution in [0, 0.1) is 0 Å². The Morgan fingerprint density at radius 1 is 0.926 bits per heavy atom. The summed E-state index contributed by atoms with van der Waals surface area (Å²) in [6.07, 6.45) is 3.68. The van der Waals surface area contributed by atoms with Gasteiger partial charge in [-0.15, -0.1) is 0 Å². The summed E-state index contributed by atoms with van der Waals surface area (Å²) in [6, 6.07) is 18.2. The lowest BCUT2D eigenvalue weighted by Crippen LogP contribution is -2.15. The van der Waals surface area contributed by atoms with Crippen molar-refractivity contribution >= 4 is 34.0 Å². The maximum absolute atomic E-state index is 6.16. The van der Waals surface area contributed by atoms with Gasteiger partial charge in [0, 0.05) is 12.1 Å². The lowest BCUT2D eigenvalue weighted by molar-refractivity contribution is 0.302. The predicted molar refractivity (Wildman–Crippen MR) is 116 cm³/mol. The molecule has 0 aliphatic carbocycles. The molecule has 3 aromatic carbocycles. The molecule has 0 bridgehead atoms. The molecule has 2 nitrogen and oxygen atoms in total. The van der Waals surface area contributed by atoms with E-state index in [9.17, 15) is 0 Å². The number of fused-ring (bicyclic) bond motifs is 1. The molecule has 142 valence electrons. The lowest BCUT2D eigenvalue weighted by atomic mass is 10.0. The minimum Gasteiger partial charge on any atom is -0.489 e. The van der Waals surface area contributed by atoms with Crippen LogP contribution in [0.2, 0.25) is 10.0 Å². The molecule has 0 aromatic heterocycles. The van der Waals surface area contributed by atoms with Crippen LogP contribution in [0.4, 0.5) is 0 Å². The molecule has 4 heteroatoms. The van der Waals surface area contributed by atoms with Gasteiger partial charge in [0.1, 0.15) is 12.4 Å². The van der Waals surface area contributed by atoms with Gasteiger partial charge >= 0.3 is 0 Å². The van der Waals surface area contributed by atoms with Crippen molar-refractivity contribution in [3.63, 3.8) is 0 Å². The summed E-state index contributed by atoms with van der Waals surface area (Å²) >= 11 is 12.1. The number of rotatable bonds is 9. The standard InChI is InChI=1S/C23H25Cl2NO/c1-2-3-6-13-26-15-20-19-8-5-4-7-18(19)10-12-23(20)27-16-17-9-11-21(24)22(25)14-17/h4-5,7-12,14,26H,2-3,6,13,15-16H2,1H3. The molecule has 0 saturated heterocycles. The fourth-order valence-electron chi connectivity index (χ4n) is 3.14. The highest BCUT2D eigenvalue weighted by Gasteiger charge is 2.09. The van der Waals surface area contributed by atoms with Crippen LogP contribution in [-0.4, -0.2) is 6.54 Å². The van der Waals surface area contributed by atoms with Crippen molar-refractivity contribution in [1.82, 2.24) is 5.32 Å². The number of hydrogen-bond donors (Lipinski definition) is 1. The van der Waals surface area contributed by atoms with Crippen LogP contribution in [0.25, 0.3) is 10.8 Å². The van der Waals surface area contributed by atoms with Crippen molar-refractivity contribution in [2.75, 3.05) is 6.54 Å². The molecule has 0 unspecified atom stereocenters. The minimum atomic E-state index is 0.456. The molecule has 27 heavy (non-hydrogen) atoms. The SMILES string of the molecule is CCCCCNCc1c(OCc2ccc(Cl)c(Cl)c2)ccc2ccccc12. The monoisotopic (exact) mass is 401 g/mol. The van der Waals surface area contributed by atoms with Crippen LogP contribution in [0.1, 0.15) is 37.3 Å². The average Bonchev–Trinajstić information content (AvgIpc) is 2.69. The molecule has 0 saturated carbocycles. The summed E-state index contributed by atoms with van der Waals surface area (Å²) < 4.78 is 6.16. The number of benzene rings is 3. The largest absolute Gasteiger partial charge is 0.489 e. The Bertz CT molecular complexity index is 895. The molecule has 0 fully saturated rings. The molecule has 0 radical (unpaired) electrons. The van der Waals surface area contributed by atoms with Gasteiger partial charge in [-0.2, -0.15) is 0 Å². The van der Waals surface area contributed by atoms with Crippen molar-refractivity contribution in [3.05, 3.63) is 75.8 Å². The average molecular weight is 402 g/mol.